The van der Waals surface area contributed by atoms with Crippen LogP contribution >= 0.6 is 0 Å². The van der Waals surface area contributed by atoms with Crippen LogP contribution in [0.1, 0.15) is 59.3 Å². The van der Waals surface area contributed by atoms with E-state index in [1.165, 1.54) is 13.8 Å². The normalized spacial score (nSPS) is 26.4. The number of rotatable bonds is 26. The van der Waals surface area contributed by atoms with Crippen molar-refractivity contribution in [3.8, 4) is 0 Å². The summed E-state index contributed by atoms with van der Waals surface area (Å²) < 4.78 is 32.9. The SMILES string of the molecule is CC(=O)NC1C(O)CC(OC(O)C(O)C(OC(C)CO)OC(C)C(CO)OC(OCCCCCCN)C(O)O)(C(=O)O)OC1C[C@@H](O)CO. The highest BCUT2D eigenvalue weighted by atomic mass is 16.8. The van der Waals surface area contributed by atoms with E-state index in [2.05, 4.69) is 5.32 Å². The first kappa shape index (κ1) is 45.3. The van der Waals surface area contributed by atoms with E-state index in [9.17, 15) is 60.7 Å². The van der Waals surface area contributed by atoms with E-state index in [1.807, 2.05) is 0 Å². The second kappa shape index (κ2) is 23.0. The number of aliphatic hydroxyl groups excluding tert-OH is 8. The molecule has 1 amide bonds. The number of nitrogens with one attached hydrogen (secondary N) is 1. The lowest BCUT2D eigenvalue weighted by atomic mass is 9.90. The van der Waals surface area contributed by atoms with Gasteiger partial charge in [0.25, 0.3) is 5.79 Å². The summed E-state index contributed by atoms with van der Waals surface area (Å²) in [4.78, 5) is 24.2. The third-order valence-corrected chi connectivity index (χ3v) is 7.54. The van der Waals surface area contributed by atoms with Crippen LogP contribution in [-0.4, -0.2) is 176 Å². The highest BCUT2D eigenvalue weighted by molar-refractivity contribution is 5.76. The Morgan fingerprint density at radius 2 is 1.59 bits per heavy atom. The van der Waals surface area contributed by atoms with Crippen molar-refractivity contribution >= 4 is 11.9 Å². The van der Waals surface area contributed by atoms with Crippen molar-refractivity contribution in [3.05, 3.63) is 0 Å². The monoisotopic (exact) mass is 720 g/mol. The number of carboxylic acids is 1. The van der Waals surface area contributed by atoms with E-state index in [-0.39, 0.29) is 6.61 Å². The first-order chi connectivity index (χ1) is 23.0. The molecule has 12 atom stereocenters. The van der Waals surface area contributed by atoms with Gasteiger partial charge in [-0.15, -0.1) is 0 Å². The fourth-order valence-corrected chi connectivity index (χ4v) is 4.87. The summed E-state index contributed by atoms with van der Waals surface area (Å²) in [6.07, 6.45) is -17.2. The summed E-state index contributed by atoms with van der Waals surface area (Å²) >= 11 is 0. The molecule has 11 unspecified atom stereocenters. The number of unbranched alkanes of at least 4 members (excludes halogenated alkanes) is 3. The van der Waals surface area contributed by atoms with Gasteiger partial charge in [0.05, 0.1) is 56.4 Å². The number of aliphatic hydroxyl groups is 9. The van der Waals surface area contributed by atoms with Crippen molar-refractivity contribution in [2.24, 2.45) is 5.73 Å². The molecule has 1 saturated heterocycles. The van der Waals surface area contributed by atoms with E-state index in [0.717, 1.165) is 26.2 Å². The van der Waals surface area contributed by atoms with Crippen molar-refractivity contribution in [2.45, 2.75) is 139 Å². The number of aliphatic carboxylic acids is 1. The lowest BCUT2D eigenvalue weighted by Gasteiger charge is -2.46. The molecule has 0 bridgehead atoms. The minimum atomic E-state index is -2.88. The van der Waals surface area contributed by atoms with Gasteiger partial charge in [0.15, 0.2) is 18.7 Å². The highest BCUT2D eigenvalue weighted by Crippen LogP contribution is 2.35. The molecule has 1 heterocycles. The molecule has 0 saturated carbocycles. The van der Waals surface area contributed by atoms with Crippen LogP contribution in [0.2, 0.25) is 0 Å². The lowest BCUT2D eigenvalue weighted by molar-refractivity contribution is -0.366. The van der Waals surface area contributed by atoms with Gasteiger partial charge in [-0.25, -0.2) is 4.79 Å². The van der Waals surface area contributed by atoms with Crippen molar-refractivity contribution in [1.29, 1.82) is 0 Å². The molecular weight excluding hydrogens is 664 g/mol. The van der Waals surface area contributed by atoms with Crippen LogP contribution in [0.4, 0.5) is 0 Å². The number of nitrogens with two attached hydrogens (primary N) is 1. The number of hydrogen-bond donors (Lipinski definition) is 12. The summed E-state index contributed by atoms with van der Waals surface area (Å²) in [7, 11) is 0. The highest BCUT2D eigenvalue weighted by Gasteiger charge is 2.55. The number of carbonyl (C=O) groups excluding carboxylic acids is 1. The quantitative estimate of drug-likeness (QED) is 0.0296. The molecule has 0 spiro atoms. The summed E-state index contributed by atoms with van der Waals surface area (Å²) in [6, 6.07) is -1.26. The van der Waals surface area contributed by atoms with Crippen LogP contribution in [0.15, 0.2) is 0 Å². The molecule has 20 heteroatoms. The average molecular weight is 721 g/mol. The molecule has 0 aromatic rings. The van der Waals surface area contributed by atoms with Gasteiger partial charge in [-0.1, -0.05) is 12.8 Å². The molecule has 1 fully saturated rings. The molecule has 0 aliphatic carbocycles. The van der Waals surface area contributed by atoms with E-state index in [4.69, 9.17) is 34.2 Å². The zero-order chi connectivity index (χ0) is 37.3. The second-order valence-corrected chi connectivity index (χ2v) is 11.8. The van der Waals surface area contributed by atoms with E-state index in [0.29, 0.717) is 13.0 Å². The van der Waals surface area contributed by atoms with E-state index in [1.54, 1.807) is 0 Å². The number of amides is 1. The molecule has 49 heavy (non-hydrogen) atoms. The molecule has 0 radical (unpaired) electrons. The zero-order valence-electron chi connectivity index (χ0n) is 28.0. The molecule has 0 aromatic heterocycles. The molecule has 290 valence electrons. The maximum Gasteiger partial charge on any atom is 0.364 e. The molecule has 1 aliphatic rings. The van der Waals surface area contributed by atoms with Crippen LogP contribution in [0, 0.1) is 0 Å². The van der Waals surface area contributed by atoms with Crippen molar-refractivity contribution < 1.29 is 89.1 Å². The smallest absolute Gasteiger partial charge is 0.364 e. The fraction of sp³-hybridized carbons (Fsp3) is 0.931. The fourth-order valence-electron chi connectivity index (χ4n) is 4.87. The summed E-state index contributed by atoms with van der Waals surface area (Å²) in [6.45, 7) is 2.26. The van der Waals surface area contributed by atoms with Crippen molar-refractivity contribution in [2.75, 3.05) is 33.0 Å². The summed E-state index contributed by atoms with van der Waals surface area (Å²) in [5.41, 5.74) is 5.46. The Kier molecular flexibility index (Phi) is 21.3. The number of hydrogen-bond acceptors (Lipinski definition) is 18. The Balaban J connectivity index is 3.17. The van der Waals surface area contributed by atoms with Gasteiger partial charge < -0.3 is 90.5 Å². The topological polar surface area (TPSA) is 330 Å². The Morgan fingerprint density at radius 3 is 2.12 bits per heavy atom. The third-order valence-electron chi connectivity index (χ3n) is 7.54. The lowest BCUT2D eigenvalue weighted by Crippen LogP contribution is -2.65. The van der Waals surface area contributed by atoms with Crippen molar-refractivity contribution in [3.63, 3.8) is 0 Å². The maximum absolute atomic E-state index is 12.5. The first-order valence-corrected chi connectivity index (χ1v) is 16.1. The van der Waals surface area contributed by atoms with Gasteiger partial charge in [-0.2, -0.15) is 0 Å². The Labute approximate surface area is 284 Å². The minimum absolute atomic E-state index is 0.0791. The van der Waals surface area contributed by atoms with Gasteiger partial charge in [-0.05, 0) is 33.2 Å². The zero-order valence-corrected chi connectivity index (χ0v) is 28.0. The van der Waals surface area contributed by atoms with Crippen LogP contribution in [0.3, 0.4) is 0 Å². The molecule has 1 rings (SSSR count). The van der Waals surface area contributed by atoms with Gasteiger partial charge in [0, 0.05) is 26.4 Å². The Morgan fingerprint density at radius 1 is 0.939 bits per heavy atom. The van der Waals surface area contributed by atoms with Gasteiger partial charge in [-0.3, -0.25) is 4.79 Å². The largest absolute Gasteiger partial charge is 0.477 e. The average Bonchev–Trinajstić information content (AvgIpc) is 3.04. The number of carboxylic acid groups (broad SMARTS) is 1. The van der Waals surface area contributed by atoms with Crippen LogP contribution in [0.5, 0.6) is 0 Å². The van der Waals surface area contributed by atoms with Gasteiger partial charge in [0.2, 0.25) is 18.5 Å². The minimum Gasteiger partial charge on any atom is -0.477 e. The standard InChI is InChI=1S/C29H56N2O18/c1-15(12-32)45-26(46-16(2)21(14-34)47-27(24(39)40)44-9-7-5-4-6-8-30)23(38)25(41)49-29(28(42)43)11-19(37)22(31-17(3)35)20(48-29)10-18(36)13-33/h15-16,18-27,32-34,36-41H,4-14,30H2,1-3H3,(H,31,35)(H,42,43)/t15?,16?,18-,19?,20?,21?,22?,23?,25?,26?,27?,29?/m1/s1. The van der Waals surface area contributed by atoms with Gasteiger partial charge >= 0.3 is 5.97 Å². The molecule has 20 nitrogen and oxygen atoms in total. The summed E-state index contributed by atoms with van der Waals surface area (Å²) in [5, 5.41) is 104. The predicted octanol–water partition coefficient (Wildman–Crippen LogP) is -4.46. The Bertz CT molecular complexity index is 936. The molecule has 1 aliphatic heterocycles. The van der Waals surface area contributed by atoms with Crippen molar-refractivity contribution in [1.82, 2.24) is 5.32 Å². The number of carbonyl (C=O) groups is 2. The van der Waals surface area contributed by atoms with Crippen LogP contribution < -0.4 is 11.1 Å². The second-order valence-electron chi connectivity index (χ2n) is 11.8. The van der Waals surface area contributed by atoms with Crippen LogP contribution in [-0.2, 0) is 38.0 Å². The van der Waals surface area contributed by atoms with E-state index < -0.39 is 124 Å². The predicted molar refractivity (Wildman–Crippen MR) is 164 cm³/mol. The maximum atomic E-state index is 12.5. The Hall–Kier alpha value is -1.70. The third kappa shape index (κ3) is 15.2. The molecule has 0 aromatic carbocycles. The van der Waals surface area contributed by atoms with Gasteiger partial charge in [0.1, 0.15) is 6.10 Å². The molecular formula is C29H56N2O18. The summed E-state index contributed by atoms with van der Waals surface area (Å²) in [5.74, 6) is -5.38. The number of ether oxygens (including phenoxy) is 6. The van der Waals surface area contributed by atoms with E-state index >= 15 is 0 Å². The first-order valence-electron chi connectivity index (χ1n) is 16.1. The molecule has 13 N–H and O–H groups in total. The van der Waals surface area contributed by atoms with Crippen LogP contribution in [0.25, 0.3) is 0 Å².